The topological polar surface area (TPSA) is 52.6 Å². The van der Waals surface area contributed by atoms with Crippen LogP contribution in [0.25, 0.3) is 0 Å². The summed E-state index contributed by atoms with van der Waals surface area (Å²) in [6.45, 7) is 0.922. The van der Waals surface area contributed by atoms with Crippen LogP contribution in [0.4, 0.5) is 0 Å². The smallest absolute Gasteiger partial charge is 0.251 e. The molecule has 1 atom stereocenters. The fraction of sp³-hybridized carbons (Fsp3) is 0.350. The average Bonchev–Trinajstić information content (AvgIpc) is 2.59. The van der Waals surface area contributed by atoms with E-state index in [1.54, 1.807) is 0 Å². The number of hydrogen-bond acceptors (Lipinski definition) is 3. The molecule has 0 saturated carbocycles. The van der Waals surface area contributed by atoms with Gasteiger partial charge in [-0.25, -0.2) is 0 Å². The van der Waals surface area contributed by atoms with E-state index < -0.39 is 0 Å². The van der Waals surface area contributed by atoms with Crippen molar-refractivity contribution in [3.05, 3.63) is 71.3 Å². The Morgan fingerprint density at radius 1 is 1.12 bits per heavy atom. The highest BCUT2D eigenvalue weighted by Crippen LogP contribution is 2.19. The molecule has 0 aliphatic carbocycles. The lowest BCUT2D eigenvalue weighted by atomic mass is 10.0. The van der Waals surface area contributed by atoms with Crippen LogP contribution < -0.4 is 5.32 Å². The minimum absolute atomic E-state index is 0.0811. The van der Waals surface area contributed by atoms with E-state index in [4.69, 9.17) is 5.11 Å². The van der Waals surface area contributed by atoms with E-state index in [1.165, 1.54) is 0 Å². The number of aliphatic hydroxyl groups is 1. The molecule has 0 aliphatic heterocycles. The highest BCUT2D eigenvalue weighted by molar-refractivity contribution is 5.94. The first-order valence-electron chi connectivity index (χ1n) is 8.30. The summed E-state index contributed by atoms with van der Waals surface area (Å²) in [6.07, 6.45) is 1.37. The Morgan fingerprint density at radius 2 is 1.88 bits per heavy atom. The molecule has 0 heterocycles. The van der Waals surface area contributed by atoms with Crippen molar-refractivity contribution < 1.29 is 9.90 Å². The van der Waals surface area contributed by atoms with Crippen molar-refractivity contribution in [2.75, 3.05) is 20.7 Å². The first-order valence-corrected chi connectivity index (χ1v) is 8.30. The summed E-state index contributed by atoms with van der Waals surface area (Å²) in [7, 11) is 4.01. The molecule has 4 heteroatoms. The van der Waals surface area contributed by atoms with Crippen molar-refractivity contribution in [2.24, 2.45) is 0 Å². The zero-order valence-corrected chi connectivity index (χ0v) is 14.4. The molecule has 4 nitrogen and oxygen atoms in total. The molecule has 0 fully saturated rings. The zero-order chi connectivity index (χ0) is 17.4. The summed E-state index contributed by atoms with van der Waals surface area (Å²) in [5, 5.41) is 12.2. The number of benzene rings is 2. The van der Waals surface area contributed by atoms with Crippen molar-refractivity contribution in [2.45, 2.75) is 25.4 Å². The van der Waals surface area contributed by atoms with E-state index in [0.29, 0.717) is 18.4 Å². The van der Waals surface area contributed by atoms with Gasteiger partial charge in [-0.05, 0) is 50.2 Å². The number of carbonyl (C=O) groups excluding carboxylic acids is 1. The van der Waals surface area contributed by atoms with E-state index in [0.717, 1.165) is 17.7 Å². The van der Waals surface area contributed by atoms with Crippen molar-refractivity contribution in [1.82, 2.24) is 10.2 Å². The second kappa shape index (κ2) is 9.21. The molecule has 1 unspecified atom stereocenters. The van der Waals surface area contributed by atoms with Gasteiger partial charge in [0.05, 0.1) is 6.04 Å². The standard InChI is InChI=1S/C20H26N2O2/c1-22(2)15-16-8-6-11-18(14-16)20(24)21-19(12-7-13-23)17-9-4-3-5-10-17/h3-6,8-11,14,19,23H,7,12-13,15H2,1-2H3,(H,21,24). The summed E-state index contributed by atoms with van der Waals surface area (Å²) in [5.74, 6) is -0.0811. The Balaban J connectivity index is 2.12. The van der Waals surface area contributed by atoms with Gasteiger partial charge in [-0.3, -0.25) is 4.79 Å². The lowest BCUT2D eigenvalue weighted by molar-refractivity contribution is 0.0932. The molecule has 2 aromatic carbocycles. The van der Waals surface area contributed by atoms with Gasteiger partial charge in [0.15, 0.2) is 0 Å². The van der Waals surface area contributed by atoms with Crippen LogP contribution in [0.3, 0.4) is 0 Å². The van der Waals surface area contributed by atoms with Crippen molar-refractivity contribution >= 4 is 5.91 Å². The van der Waals surface area contributed by atoms with Gasteiger partial charge in [0.25, 0.3) is 5.91 Å². The van der Waals surface area contributed by atoms with Crippen LogP contribution in [0.1, 0.15) is 40.4 Å². The van der Waals surface area contributed by atoms with Crippen LogP contribution in [0.15, 0.2) is 54.6 Å². The van der Waals surface area contributed by atoms with Gasteiger partial charge in [-0.15, -0.1) is 0 Å². The van der Waals surface area contributed by atoms with Crippen molar-refractivity contribution in [3.8, 4) is 0 Å². The van der Waals surface area contributed by atoms with Crippen LogP contribution in [0.2, 0.25) is 0 Å². The number of carbonyl (C=O) groups is 1. The van der Waals surface area contributed by atoms with E-state index >= 15 is 0 Å². The number of nitrogens with zero attached hydrogens (tertiary/aromatic N) is 1. The number of hydrogen-bond donors (Lipinski definition) is 2. The minimum Gasteiger partial charge on any atom is -0.396 e. The Kier molecular flexibility index (Phi) is 6.97. The first-order chi connectivity index (χ1) is 11.6. The summed E-state index contributed by atoms with van der Waals surface area (Å²) < 4.78 is 0. The van der Waals surface area contributed by atoms with Crippen LogP contribution in [0.5, 0.6) is 0 Å². The number of amides is 1. The van der Waals surface area contributed by atoms with Gasteiger partial charge in [0.2, 0.25) is 0 Å². The summed E-state index contributed by atoms with van der Waals surface area (Å²) in [4.78, 5) is 14.7. The van der Waals surface area contributed by atoms with Crippen LogP contribution in [-0.4, -0.2) is 36.6 Å². The molecular formula is C20H26N2O2. The molecule has 0 aromatic heterocycles. The molecule has 0 radical (unpaired) electrons. The van der Waals surface area contributed by atoms with Crippen LogP contribution >= 0.6 is 0 Å². The molecule has 1 amide bonds. The van der Waals surface area contributed by atoms with E-state index in [9.17, 15) is 4.79 Å². The number of nitrogens with one attached hydrogen (secondary N) is 1. The average molecular weight is 326 g/mol. The summed E-state index contributed by atoms with van der Waals surface area (Å²) >= 11 is 0. The Morgan fingerprint density at radius 3 is 2.54 bits per heavy atom. The highest BCUT2D eigenvalue weighted by atomic mass is 16.3. The zero-order valence-electron chi connectivity index (χ0n) is 14.4. The molecule has 128 valence electrons. The van der Waals surface area contributed by atoms with Gasteiger partial charge in [-0.2, -0.15) is 0 Å². The molecule has 0 aliphatic rings. The monoisotopic (exact) mass is 326 g/mol. The highest BCUT2D eigenvalue weighted by Gasteiger charge is 2.15. The maximum Gasteiger partial charge on any atom is 0.251 e. The third kappa shape index (κ3) is 5.48. The SMILES string of the molecule is CN(C)Cc1cccc(C(=O)NC(CCCO)c2ccccc2)c1. The van der Waals surface area contributed by atoms with E-state index in [2.05, 4.69) is 10.2 Å². The quantitative estimate of drug-likeness (QED) is 0.784. The number of aliphatic hydroxyl groups excluding tert-OH is 1. The molecular weight excluding hydrogens is 300 g/mol. The molecule has 0 saturated heterocycles. The summed E-state index contributed by atoms with van der Waals surface area (Å²) in [6, 6.07) is 17.5. The van der Waals surface area contributed by atoms with Gasteiger partial charge < -0.3 is 15.3 Å². The van der Waals surface area contributed by atoms with Crippen LogP contribution in [-0.2, 0) is 6.54 Å². The Labute approximate surface area is 144 Å². The predicted octanol–water partition coefficient (Wildman–Crippen LogP) is 2.99. The fourth-order valence-electron chi connectivity index (χ4n) is 2.72. The number of rotatable bonds is 8. The lowest BCUT2D eigenvalue weighted by Crippen LogP contribution is -2.29. The predicted molar refractivity (Wildman–Crippen MR) is 96.8 cm³/mol. The van der Waals surface area contributed by atoms with Gasteiger partial charge in [0.1, 0.15) is 0 Å². The van der Waals surface area contributed by atoms with E-state index in [-0.39, 0.29) is 18.6 Å². The maximum absolute atomic E-state index is 12.6. The second-order valence-corrected chi connectivity index (χ2v) is 6.24. The van der Waals surface area contributed by atoms with Crippen molar-refractivity contribution in [1.29, 1.82) is 0 Å². The molecule has 2 rings (SSSR count). The van der Waals surface area contributed by atoms with Gasteiger partial charge >= 0.3 is 0 Å². The van der Waals surface area contributed by atoms with Gasteiger partial charge in [0, 0.05) is 18.7 Å². The summed E-state index contributed by atoms with van der Waals surface area (Å²) in [5.41, 5.74) is 2.84. The third-order valence-corrected chi connectivity index (χ3v) is 3.85. The minimum atomic E-state index is -0.0941. The molecule has 0 bridgehead atoms. The van der Waals surface area contributed by atoms with E-state index in [1.807, 2.05) is 68.7 Å². The Bertz CT molecular complexity index is 641. The van der Waals surface area contributed by atoms with Crippen LogP contribution in [0, 0.1) is 0 Å². The largest absolute Gasteiger partial charge is 0.396 e. The fourth-order valence-corrected chi connectivity index (χ4v) is 2.72. The molecule has 2 aromatic rings. The maximum atomic E-state index is 12.6. The normalized spacial score (nSPS) is 12.2. The van der Waals surface area contributed by atoms with Gasteiger partial charge in [-0.1, -0.05) is 42.5 Å². The Hall–Kier alpha value is -2.17. The molecule has 24 heavy (non-hydrogen) atoms. The molecule has 2 N–H and O–H groups in total. The molecule has 0 spiro atoms. The third-order valence-electron chi connectivity index (χ3n) is 3.85. The second-order valence-electron chi connectivity index (χ2n) is 6.24. The van der Waals surface area contributed by atoms with Crippen molar-refractivity contribution in [3.63, 3.8) is 0 Å². The lowest BCUT2D eigenvalue weighted by Gasteiger charge is -2.19. The first kappa shape index (κ1) is 18.2.